The summed E-state index contributed by atoms with van der Waals surface area (Å²) in [5.41, 5.74) is 0.828. The van der Waals surface area contributed by atoms with E-state index in [0.717, 1.165) is 0 Å². The number of carbonyl (C=O) groups is 3. The highest BCUT2D eigenvalue weighted by molar-refractivity contribution is 6.31. The minimum absolute atomic E-state index is 0.116. The molecule has 0 aromatic heterocycles. The number of ketones is 1. The first-order valence-electron chi connectivity index (χ1n) is 8.38. The van der Waals surface area contributed by atoms with E-state index < -0.39 is 24.6 Å². The van der Waals surface area contributed by atoms with Crippen LogP contribution in [0.4, 0.5) is 5.69 Å². The summed E-state index contributed by atoms with van der Waals surface area (Å²) in [6, 6.07) is 11.2. The average molecular weight is 406 g/mol. The molecular formula is C20H20ClNO6. The molecule has 0 heterocycles. The standard InChI is InChI=1S/C20H20ClNO6/c1-12(23)14-5-4-6-16(9-14)27-11-19(24)28-13(2)20(25)22-17-10-15(21)7-8-18(17)26-3/h4-10,13H,11H2,1-3H3,(H,22,25)/t13-/m0/s1. The largest absolute Gasteiger partial charge is 0.495 e. The predicted molar refractivity (Wildman–Crippen MR) is 104 cm³/mol. The molecule has 0 bridgehead atoms. The molecular weight excluding hydrogens is 386 g/mol. The third-order valence-electron chi connectivity index (χ3n) is 3.69. The molecule has 1 atom stereocenters. The van der Waals surface area contributed by atoms with Crippen molar-refractivity contribution >= 4 is 34.9 Å². The second-order valence-corrected chi connectivity index (χ2v) is 6.28. The Hall–Kier alpha value is -3.06. The Morgan fingerprint density at radius 2 is 1.89 bits per heavy atom. The van der Waals surface area contributed by atoms with Crippen LogP contribution in [-0.2, 0) is 14.3 Å². The fraction of sp³-hybridized carbons (Fsp3) is 0.250. The van der Waals surface area contributed by atoms with Crippen molar-refractivity contribution < 1.29 is 28.6 Å². The highest BCUT2D eigenvalue weighted by Gasteiger charge is 2.20. The summed E-state index contributed by atoms with van der Waals surface area (Å²) >= 11 is 5.92. The van der Waals surface area contributed by atoms with Crippen LogP contribution in [0.5, 0.6) is 11.5 Å². The van der Waals surface area contributed by atoms with Crippen LogP contribution in [-0.4, -0.2) is 37.5 Å². The van der Waals surface area contributed by atoms with Crippen LogP contribution in [0.3, 0.4) is 0 Å². The SMILES string of the molecule is COc1ccc(Cl)cc1NC(=O)[C@H](C)OC(=O)COc1cccc(C(C)=O)c1. The number of methoxy groups -OCH3 is 1. The Labute approximate surface area is 167 Å². The maximum Gasteiger partial charge on any atom is 0.344 e. The van der Waals surface area contributed by atoms with E-state index in [9.17, 15) is 14.4 Å². The number of hydrogen-bond donors (Lipinski definition) is 1. The van der Waals surface area contributed by atoms with Crippen LogP contribution < -0.4 is 14.8 Å². The van der Waals surface area contributed by atoms with Gasteiger partial charge in [0.15, 0.2) is 18.5 Å². The number of benzene rings is 2. The number of Topliss-reactive ketones (excluding diaryl/α,β-unsaturated/α-hetero) is 1. The molecule has 28 heavy (non-hydrogen) atoms. The molecule has 0 saturated heterocycles. The number of nitrogens with one attached hydrogen (secondary N) is 1. The van der Waals surface area contributed by atoms with Crippen molar-refractivity contribution in [1.82, 2.24) is 0 Å². The number of anilines is 1. The molecule has 1 N–H and O–H groups in total. The summed E-state index contributed by atoms with van der Waals surface area (Å²) in [5.74, 6) is -0.619. The molecule has 0 unspecified atom stereocenters. The van der Waals surface area contributed by atoms with Crippen LogP contribution in [0, 0.1) is 0 Å². The van der Waals surface area contributed by atoms with Crippen molar-refractivity contribution in [3.05, 3.63) is 53.1 Å². The molecule has 0 fully saturated rings. The number of hydrogen-bond acceptors (Lipinski definition) is 6. The molecule has 148 valence electrons. The fourth-order valence-corrected chi connectivity index (χ4v) is 2.42. The lowest BCUT2D eigenvalue weighted by Crippen LogP contribution is -2.31. The van der Waals surface area contributed by atoms with Gasteiger partial charge in [-0.05, 0) is 44.2 Å². The zero-order valence-corrected chi connectivity index (χ0v) is 16.4. The van der Waals surface area contributed by atoms with Crippen LogP contribution in [0.25, 0.3) is 0 Å². The number of halogens is 1. The second-order valence-electron chi connectivity index (χ2n) is 5.84. The zero-order chi connectivity index (χ0) is 20.7. The van der Waals surface area contributed by atoms with Crippen LogP contribution in [0.15, 0.2) is 42.5 Å². The lowest BCUT2D eigenvalue weighted by atomic mass is 10.1. The van der Waals surface area contributed by atoms with Gasteiger partial charge in [-0.25, -0.2) is 4.79 Å². The van der Waals surface area contributed by atoms with E-state index in [-0.39, 0.29) is 5.78 Å². The number of ether oxygens (including phenoxy) is 3. The Bertz CT molecular complexity index is 883. The molecule has 2 aromatic carbocycles. The first-order chi connectivity index (χ1) is 13.3. The number of amides is 1. The highest BCUT2D eigenvalue weighted by atomic mass is 35.5. The molecule has 7 nitrogen and oxygen atoms in total. The first kappa shape index (κ1) is 21.2. The fourth-order valence-electron chi connectivity index (χ4n) is 2.24. The van der Waals surface area contributed by atoms with E-state index in [1.807, 2.05) is 0 Å². The Morgan fingerprint density at radius 1 is 1.14 bits per heavy atom. The van der Waals surface area contributed by atoms with Gasteiger partial charge in [-0.3, -0.25) is 9.59 Å². The molecule has 0 aliphatic rings. The van der Waals surface area contributed by atoms with Gasteiger partial charge in [0.05, 0.1) is 12.8 Å². The lowest BCUT2D eigenvalue weighted by Gasteiger charge is -2.15. The molecule has 2 rings (SSSR count). The Morgan fingerprint density at radius 3 is 2.57 bits per heavy atom. The number of rotatable bonds is 8. The zero-order valence-electron chi connectivity index (χ0n) is 15.7. The van der Waals surface area contributed by atoms with Gasteiger partial charge in [-0.2, -0.15) is 0 Å². The van der Waals surface area contributed by atoms with Gasteiger partial charge >= 0.3 is 5.97 Å². The van der Waals surface area contributed by atoms with Crippen molar-refractivity contribution in [2.75, 3.05) is 19.0 Å². The van der Waals surface area contributed by atoms with Crippen molar-refractivity contribution in [3.8, 4) is 11.5 Å². The van der Waals surface area contributed by atoms with E-state index >= 15 is 0 Å². The second kappa shape index (κ2) is 9.75. The van der Waals surface area contributed by atoms with Gasteiger partial charge in [0, 0.05) is 10.6 Å². The summed E-state index contributed by atoms with van der Waals surface area (Å²) in [6.45, 7) is 2.46. The van der Waals surface area contributed by atoms with Gasteiger partial charge in [0.25, 0.3) is 5.91 Å². The van der Waals surface area contributed by atoms with Gasteiger partial charge in [-0.1, -0.05) is 23.7 Å². The summed E-state index contributed by atoms with van der Waals surface area (Å²) in [6.07, 6.45) is -1.07. The summed E-state index contributed by atoms with van der Waals surface area (Å²) in [7, 11) is 1.46. The first-order valence-corrected chi connectivity index (χ1v) is 8.75. The van der Waals surface area contributed by atoms with Crippen molar-refractivity contribution in [2.45, 2.75) is 20.0 Å². The van der Waals surface area contributed by atoms with Crippen molar-refractivity contribution in [2.24, 2.45) is 0 Å². The van der Waals surface area contributed by atoms with Crippen LogP contribution in [0.2, 0.25) is 5.02 Å². The maximum absolute atomic E-state index is 12.3. The van der Waals surface area contributed by atoms with Gasteiger partial charge in [0.1, 0.15) is 11.5 Å². The monoisotopic (exact) mass is 405 g/mol. The van der Waals surface area contributed by atoms with E-state index in [1.165, 1.54) is 33.1 Å². The molecule has 0 spiro atoms. The van der Waals surface area contributed by atoms with E-state index in [0.29, 0.717) is 27.8 Å². The smallest absolute Gasteiger partial charge is 0.344 e. The van der Waals surface area contributed by atoms with Crippen molar-refractivity contribution in [3.63, 3.8) is 0 Å². The average Bonchev–Trinajstić information content (AvgIpc) is 2.66. The van der Waals surface area contributed by atoms with Gasteiger partial charge in [-0.15, -0.1) is 0 Å². The lowest BCUT2D eigenvalue weighted by molar-refractivity contribution is -0.155. The normalized spacial score (nSPS) is 11.3. The minimum Gasteiger partial charge on any atom is -0.495 e. The third-order valence-corrected chi connectivity index (χ3v) is 3.93. The molecule has 0 saturated carbocycles. The minimum atomic E-state index is -1.07. The molecule has 0 aliphatic heterocycles. The molecule has 2 aromatic rings. The third kappa shape index (κ3) is 5.99. The van der Waals surface area contributed by atoms with Crippen molar-refractivity contribution in [1.29, 1.82) is 0 Å². The summed E-state index contributed by atoms with van der Waals surface area (Å²) in [5, 5.41) is 3.02. The molecule has 0 aliphatic carbocycles. The quantitative estimate of drug-likeness (QED) is 0.534. The summed E-state index contributed by atoms with van der Waals surface area (Å²) in [4.78, 5) is 35.6. The predicted octanol–water partition coefficient (Wildman–Crippen LogP) is 3.50. The van der Waals surface area contributed by atoms with E-state index in [2.05, 4.69) is 5.32 Å². The molecule has 1 amide bonds. The van der Waals surface area contributed by atoms with Crippen LogP contribution >= 0.6 is 11.6 Å². The molecule has 0 radical (unpaired) electrons. The number of carbonyl (C=O) groups excluding carboxylic acids is 3. The summed E-state index contributed by atoms with van der Waals surface area (Å²) < 4.78 is 15.5. The number of esters is 1. The topological polar surface area (TPSA) is 90.9 Å². The van der Waals surface area contributed by atoms with Crippen LogP contribution in [0.1, 0.15) is 24.2 Å². The van der Waals surface area contributed by atoms with E-state index in [1.54, 1.807) is 30.3 Å². The molecule has 8 heteroatoms. The van der Waals surface area contributed by atoms with E-state index in [4.69, 9.17) is 25.8 Å². The Balaban J connectivity index is 1.89. The Kier molecular flexibility index (Phi) is 7.40. The van der Waals surface area contributed by atoms with Gasteiger partial charge < -0.3 is 19.5 Å². The highest BCUT2D eigenvalue weighted by Crippen LogP contribution is 2.27. The maximum atomic E-state index is 12.3. The van der Waals surface area contributed by atoms with Gasteiger partial charge in [0.2, 0.25) is 0 Å².